The van der Waals surface area contributed by atoms with Crippen molar-refractivity contribution in [2.75, 3.05) is 11.4 Å². The predicted molar refractivity (Wildman–Crippen MR) is 93.6 cm³/mol. The molecule has 0 fully saturated rings. The smallest absolute Gasteiger partial charge is 0.276 e. The number of anilines is 1. The molecule has 0 atom stereocenters. The Morgan fingerprint density at radius 3 is 2.67 bits per heavy atom. The van der Waals surface area contributed by atoms with E-state index in [-0.39, 0.29) is 18.3 Å². The average Bonchev–Trinajstić information content (AvgIpc) is 3.08. The molecule has 0 radical (unpaired) electrons. The number of carbonyl (C=O) groups is 1. The summed E-state index contributed by atoms with van der Waals surface area (Å²) in [5.41, 5.74) is 2.09. The second kappa shape index (κ2) is 6.79. The minimum atomic E-state index is -0.397. The monoisotopic (exact) mass is 370 g/mol. The lowest BCUT2D eigenvalue weighted by Gasteiger charge is -2.27. The summed E-state index contributed by atoms with van der Waals surface area (Å²) in [5.74, 6) is -0.662. The molecule has 4 rings (SSSR count). The molecule has 8 heteroatoms. The molecule has 1 aliphatic heterocycles. The Labute approximate surface area is 154 Å². The van der Waals surface area contributed by atoms with E-state index in [2.05, 4.69) is 10.1 Å². The van der Waals surface area contributed by atoms with E-state index in [1.165, 1.54) is 18.2 Å². The van der Waals surface area contributed by atoms with Gasteiger partial charge in [0.05, 0.1) is 12.7 Å². The van der Waals surface area contributed by atoms with Crippen LogP contribution >= 0.6 is 0 Å². The van der Waals surface area contributed by atoms with Gasteiger partial charge in [0.25, 0.3) is 5.91 Å². The van der Waals surface area contributed by atoms with Crippen molar-refractivity contribution in [3.05, 3.63) is 71.2 Å². The summed E-state index contributed by atoms with van der Waals surface area (Å²) in [5, 5.41) is 4.38. The van der Waals surface area contributed by atoms with E-state index >= 15 is 0 Å². The second-order valence-electron chi connectivity index (χ2n) is 6.24. The minimum Gasteiger partial charge on any atom is -0.471 e. The van der Waals surface area contributed by atoms with E-state index in [0.717, 1.165) is 6.20 Å². The number of carbonyl (C=O) groups excluding carboxylic acids is 1. The standard InChI is InChI=1S/C19H16F2N4O2/c1-12-8-18(22-10-16(12)21)27-11-14-9-17-19(26)24(6-7-25(17)23-14)15-4-2-13(20)3-5-15/h2-5,8-10H,6-7,11H2,1H3. The largest absolute Gasteiger partial charge is 0.471 e. The number of halogens is 2. The van der Waals surface area contributed by atoms with Crippen molar-refractivity contribution < 1.29 is 18.3 Å². The van der Waals surface area contributed by atoms with Crippen molar-refractivity contribution >= 4 is 11.6 Å². The third kappa shape index (κ3) is 3.38. The van der Waals surface area contributed by atoms with Gasteiger partial charge in [-0.3, -0.25) is 9.48 Å². The topological polar surface area (TPSA) is 60.2 Å². The van der Waals surface area contributed by atoms with E-state index in [4.69, 9.17) is 4.74 Å². The molecule has 0 spiro atoms. The number of rotatable bonds is 4. The number of aryl methyl sites for hydroxylation is 1. The zero-order valence-electron chi connectivity index (χ0n) is 14.5. The Morgan fingerprint density at radius 1 is 1.15 bits per heavy atom. The quantitative estimate of drug-likeness (QED) is 0.708. The summed E-state index contributed by atoms with van der Waals surface area (Å²) in [6.45, 7) is 2.70. The molecule has 2 aromatic heterocycles. The number of amides is 1. The molecule has 3 heterocycles. The molecule has 138 valence electrons. The molecule has 0 saturated carbocycles. The maximum atomic E-state index is 13.3. The first kappa shape index (κ1) is 17.1. The van der Waals surface area contributed by atoms with Crippen LogP contribution in [0.4, 0.5) is 14.5 Å². The molecular weight excluding hydrogens is 354 g/mol. The molecule has 6 nitrogen and oxygen atoms in total. The van der Waals surface area contributed by atoms with Crippen LogP contribution in [0.3, 0.4) is 0 Å². The number of nitrogens with zero attached hydrogens (tertiary/aromatic N) is 4. The van der Waals surface area contributed by atoms with Crippen LogP contribution in [0.25, 0.3) is 0 Å². The first-order valence-electron chi connectivity index (χ1n) is 8.40. The maximum absolute atomic E-state index is 13.3. The highest BCUT2D eigenvalue weighted by molar-refractivity contribution is 6.05. The van der Waals surface area contributed by atoms with Crippen molar-refractivity contribution in [1.29, 1.82) is 0 Å². The zero-order valence-corrected chi connectivity index (χ0v) is 14.5. The fourth-order valence-electron chi connectivity index (χ4n) is 2.93. The van der Waals surface area contributed by atoms with Crippen molar-refractivity contribution in [1.82, 2.24) is 14.8 Å². The van der Waals surface area contributed by atoms with Crippen molar-refractivity contribution in [3.63, 3.8) is 0 Å². The highest BCUT2D eigenvalue weighted by Gasteiger charge is 2.27. The number of fused-ring (bicyclic) bond motifs is 1. The highest BCUT2D eigenvalue weighted by Crippen LogP contribution is 2.22. The lowest BCUT2D eigenvalue weighted by Crippen LogP contribution is -2.40. The molecule has 0 bridgehead atoms. The first-order valence-corrected chi connectivity index (χ1v) is 8.40. The zero-order chi connectivity index (χ0) is 19.0. The third-order valence-corrected chi connectivity index (χ3v) is 4.36. The van der Waals surface area contributed by atoms with Gasteiger partial charge in [-0.2, -0.15) is 5.10 Å². The molecule has 27 heavy (non-hydrogen) atoms. The molecule has 3 aromatic rings. The van der Waals surface area contributed by atoms with Gasteiger partial charge in [0.2, 0.25) is 5.88 Å². The molecule has 1 aromatic carbocycles. The van der Waals surface area contributed by atoms with Gasteiger partial charge >= 0.3 is 0 Å². The highest BCUT2D eigenvalue weighted by atomic mass is 19.1. The van der Waals surface area contributed by atoms with Gasteiger partial charge in [-0.15, -0.1) is 0 Å². The summed E-state index contributed by atoms with van der Waals surface area (Å²) in [6.07, 6.45) is 1.10. The van der Waals surface area contributed by atoms with Gasteiger partial charge < -0.3 is 9.64 Å². The number of hydrogen-bond acceptors (Lipinski definition) is 4. The number of hydrogen-bond donors (Lipinski definition) is 0. The van der Waals surface area contributed by atoms with Crippen LogP contribution in [-0.4, -0.2) is 27.2 Å². The van der Waals surface area contributed by atoms with E-state index in [9.17, 15) is 13.6 Å². The van der Waals surface area contributed by atoms with E-state index in [1.54, 1.807) is 34.7 Å². The van der Waals surface area contributed by atoms with Gasteiger partial charge in [-0.05, 0) is 42.8 Å². The van der Waals surface area contributed by atoms with Crippen molar-refractivity contribution in [2.24, 2.45) is 0 Å². The van der Waals surface area contributed by atoms with Crippen molar-refractivity contribution in [3.8, 4) is 5.88 Å². The summed E-state index contributed by atoms with van der Waals surface area (Å²) in [7, 11) is 0. The van der Waals surface area contributed by atoms with Crippen LogP contribution in [0.2, 0.25) is 0 Å². The fraction of sp³-hybridized carbons (Fsp3) is 0.211. The van der Waals surface area contributed by atoms with Crippen LogP contribution in [0.1, 0.15) is 21.7 Å². The lowest BCUT2D eigenvalue weighted by molar-refractivity contribution is 0.0962. The van der Waals surface area contributed by atoms with Gasteiger partial charge in [-0.1, -0.05) is 0 Å². The predicted octanol–water partition coefficient (Wildman–Crippen LogP) is 3.10. The normalized spacial score (nSPS) is 13.6. The summed E-state index contributed by atoms with van der Waals surface area (Å²) < 4.78 is 33.5. The number of ether oxygens (including phenoxy) is 1. The molecule has 0 unspecified atom stereocenters. The van der Waals surface area contributed by atoms with Crippen LogP contribution in [0.5, 0.6) is 5.88 Å². The molecule has 0 N–H and O–H groups in total. The van der Waals surface area contributed by atoms with Gasteiger partial charge in [-0.25, -0.2) is 13.8 Å². The van der Waals surface area contributed by atoms with Gasteiger partial charge in [0.15, 0.2) is 0 Å². The number of benzene rings is 1. The molecule has 1 aliphatic rings. The van der Waals surface area contributed by atoms with Crippen LogP contribution in [-0.2, 0) is 13.2 Å². The number of aromatic nitrogens is 3. The van der Waals surface area contributed by atoms with E-state index in [0.29, 0.717) is 41.6 Å². The van der Waals surface area contributed by atoms with Gasteiger partial charge in [0, 0.05) is 18.3 Å². The Kier molecular flexibility index (Phi) is 4.31. The molecular formula is C19H16F2N4O2. The van der Waals surface area contributed by atoms with Crippen LogP contribution in [0, 0.1) is 18.6 Å². The van der Waals surface area contributed by atoms with Crippen LogP contribution < -0.4 is 9.64 Å². The third-order valence-electron chi connectivity index (χ3n) is 4.36. The Bertz CT molecular complexity index is 1000. The summed E-state index contributed by atoms with van der Waals surface area (Å²) in [6, 6.07) is 8.97. The Hall–Kier alpha value is -3.29. The Balaban J connectivity index is 1.50. The van der Waals surface area contributed by atoms with Crippen LogP contribution in [0.15, 0.2) is 42.6 Å². The minimum absolute atomic E-state index is 0.113. The van der Waals surface area contributed by atoms with Gasteiger partial charge in [0.1, 0.15) is 29.6 Å². The fourth-order valence-corrected chi connectivity index (χ4v) is 2.93. The average molecular weight is 370 g/mol. The summed E-state index contributed by atoms with van der Waals surface area (Å²) >= 11 is 0. The SMILES string of the molecule is Cc1cc(OCc2cc3n(n2)CCN(c2ccc(F)cc2)C3=O)ncc1F. The summed E-state index contributed by atoms with van der Waals surface area (Å²) in [4.78, 5) is 18.2. The van der Waals surface area contributed by atoms with E-state index < -0.39 is 5.82 Å². The molecule has 1 amide bonds. The number of pyridine rings is 1. The molecule has 0 saturated heterocycles. The first-order chi connectivity index (χ1) is 13.0. The second-order valence-corrected chi connectivity index (χ2v) is 6.24. The maximum Gasteiger partial charge on any atom is 0.276 e. The lowest BCUT2D eigenvalue weighted by atomic mass is 10.2. The van der Waals surface area contributed by atoms with E-state index in [1.807, 2.05) is 0 Å². The molecule has 0 aliphatic carbocycles. The van der Waals surface area contributed by atoms with Crippen molar-refractivity contribution in [2.45, 2.75) is 20.1 Å². The Morgan fingerprint density at radius 2 is 1.93 bits per heavy atom.